The maximum Gasteiger partial charge on any atom is 0.340 e. The Bertz CT molecular complexity index is 390. The van der Waals surface area contributed by atoms with Crippen LogP contribution in [0.25, 0.3) is 0 Å². The fourth-order valence-electron chi connectivity index (χ4n) is 1.45. The van der Waals surface area contributed by atoms with Gasteiger partial charge >= 0.3 is 5.97 Å². The molecule has 2 N–H and O–H groups in total. The molecule has 0 fully saturated rings. The third-order valence-electron chi connectivity index (χ3n) is 2.23. The fraction of sp³-hybridized carbons (Fsp3) is 0.600. The van der Waals surface area contributed by atoms with Gasteiger partial charge in [-0.1, -0.05) is 6.92 Å². The molecule has 0 aliphatic rings. The number of aromatic nitrogens is 2. The highest BCUT2D eigenvalue weighted by Crippen LogP contribution is 2.29. The van der Waals surface area contributed by atoms with Crippen molar-refractivity contribution in [2.24, 2.45) is 7.05 Å². The summed E-state index contributed by atoms with van der Waals surface area (Å²) in [5.74, 6) is -0.954. The van der Waals surface area contributed by atoms with Gasteiger partial charge in [-0.15, -0.1) is 11.8 Å². The van der Waals surface area contributed by atoms with Gasteiger partial charge in [0.1, 0.15) is 10.6 Å². The number of carboxylic acids is 1. The van der Waals surface area contributed by atoms with Gasteiger partial charge < -0.3 is 10.2 Å². The lowest BCUT2D eigenvalue weighted by atomic mass is 10.3. The van der Waals surface area contributed by atoms with Crippen LogP contribution in [-0.4, -0.2) is 37.8 Å². The largest absolute Gasteiger partial charge is 0.478 e. The first-order chi connectivity index (χ1) is 7.47. The molecule has 0 spiro atoms. The molecule has 6 heteroatoms. The van der Waals surface area contributed by atoms with Gasteiger partial charge in [-0.3, -0.25) is 4.68 Å². The maximum absolute atomic E-state index is 11.1. The van der Waals surface area contributed by atoms with E-state index in [1.54, 1.807) is 18.7 Å². The van der Waals surface area contributed by atoms with E-state index in [4.69, 9.17) is 10.2 Å². The van der Waals surface area contributed by atoms with Crippen LogP contribution in [0, 0.1) is 6.92 Å². The first kappa shape index (κ1) is 13.1. The summed E-state index contributed by atoms with van der Waals surface area (Å²) in [5, 5.41) is 22.8. The smallest absolute Gasteiger partial charge is 0.340 e. The van der Waals surface area contributed by atoms with E-state index >= 15 is 0 Å². The van der Waals surface area contributed by atoms with Gasteiger partial charge in [-0.05, 0) is 13.3 Å². The van der Waals surface area contributed by atoms with Crippen LogP contribution in [0.2, 0.25) is 0 Å². The number of carboxylic acid groups (broad SMARTS) is 1. The number of hydrogen-bond acceptors (Lipinski definition) is 4. The van der Waals surface area contributed by atoms with Gasteiger partial charge in [0.15, 0.2) is 0 Å². The molecule has 1 aromatic heterocycles. The van der Waals surface area contributed by atoms with Crippen molar-refractivity contribution >= 4 is 17.7 Å². The second-order valence-electron chi connectivity index (χ2n) is 3.64. The number of hydrogen-bond donors (Lipinski definition) is 2. The molecule has 90 valence electrons. The van der Waals surface area contributed by atoms with Gasteiger partial charge in [-0.25, -0.2) is 4.79 Å². The van der Waals surface area contributed by atoms with Gasteiger partial charge in [0.2, 0.25) is 0 Å². The van der Waals surface area contributed by atoms with Crippen LogP contribution in [0.5, 0.6) is 0 Å². The van der Waals surface area contributed by atoms with E-state index in [0.29, 0.717) is 17.1 Å². The summed E-state index contributed by atoms with van der Waals surface area (Å²) >= 11 is 1.43. The van der Waals surface area contributed by atoms with Crippen molar-refractivity contribution in [2.45, 2.75) is 30.5 Å². The molecule has 0 aliphatic heterocycles. The molecule has 0 saturated heterocycles. The van der Waals surface area contributed by atoms with E-state index in [1.807, 2.05) is 6.92 Å². The molecule has 1 unspecified atom stereocenters. The number of aromatic carboxylic acids is 1. The van der Waals surface area contributed by atoms with Crippen LogP contribution < -0.4 is 0 Å². The molecule has 0 saturated carbocycles. The lowest BCUT2D eigenvalue weighted by molar-refractivity contribution is 0.0692. The zero-order valence-corrected chi connectivity index (χ0v) is 10.4. The Labute approximate surface area is 98.5 Å². The molecule has 0 aromatic carbocycles. The van der Waals surface area contributed by atoms with Crippen molar-refractivity contribution in [3.05, 3.63) is 11.3 Å². The molecule has 1 aromatic rings. The first-order valence-electron chi connectivity index (χ1n) is 5.01. The number of aliphatic hydroxyl groups excluding tert-OH is 1. The lowest BCUT2D eigenvalue weighted by Gasteiger charge is -2.10. The number of rotatable bonds is 5. The van der Waals surface area contributed by atoms with E-state index in [0.717, 1.165) is 0 Å². The zero-order chi connectivity index (χ0) is 12.3. The summed E-state index contributed by atoms with van der Waals surface area (Å²) in [6.45, 7) is 3.74. The molecule has 1 atom stereocenters. The number of thioether (sulfide) groups is 1. The van der Waals surface area contributed by atoms with Gasteiger partial charge in [0.05, 0.1) is 5.69 Å². The Balaban J connectivity index is 2.98. The standard InChI is InChI=1S/C10H16N2O3S/c1-6(4-5-13)16-9-8(10(14)15)7(2)11-12(9)3/h6,13H,4-5H2,1-3H3,(H,14,15). The van der Waals surface area contributed by atoms with Crippen LogP contribution in [0.4, 0.5) is 0 Å². The van der Waals surface area contributed by atoms with Crippen LogP contribution in [0.3, 0.4) is 0 Å². The molecular weight excluding hydrogens is 228 g/mol. The lowest BCUT2D eigenvalue weighted by Crippen LogP contribution is -2.05. The minimum atomic E-state index is -0.954. The Hall–Kier alpha value is -1.01. The summed E-state index contributed by atoms with van der Waals surface area (Å²) in [5.41, 5.74) is 0.783. The summed E-state index contributed by atoms with van der Waals surface area (Å²) < 4.78 is 1.58. The van der Waals surface area contributed by atoms with E-state index in [2.05, 4.69) is 5.10 Å². The summed E-state index contributed by atoms with van der Waals surface area (Å²) in [6, 6.07) is 0. The molecular formula is C10H16N2O3S. The number of aliphatic hydroxyl groups is 1. The number of nitrogens with zero attached hydrogens (tertiary/aromatic N) is 2. The minimum Gasteiger partial charge on any atom is -0.478 e. The monoisotopic (exact) mass is 244 g/mol. The molecule has 16 heavy (non-hydrogen) atoms. The molecule has 1 heterocycles. The van der Waals surface area contributed by atoms with Crippen molar-refractivity contribution in [3.63, 3.8) is 0 Å². The quantitative estimate of drug-likeness (QED) is 0.763. The number of aryl methyl sites for hydroxylation is 2. The highest BCUT2D eigenvalue weighted by atomic mass is 32.2. The molecule has 0 aliphatic carbocycles. The van der Waals surface area contributed by atoms with Crippen molar-refractivity contribution in [3.8, 4) is 0 Å². The SMILES string of the molecule is Cc1nn(C)c(SC(C)CCO)c1C(=O)O. The molecule has 0 amide bonds. The Kier molecular flexibility index (Phi) is 4.37. The fourth-order valence-corrected chi connectivity index (χ4v) is 2.60. The second-order valence-corrected chi connectivity index (χ2v) is 5.06. The average Bonchev–Trinajstić information content (AvgIpc) is 2.41. The van der Waals surface area contributed by atoms with E-state index in [9.17, 15) is 4.79 Å². The predicted molar refractivity (Wildman–Crippen MR) is 61.9 cm³/mol. The van der Waals surface area contributed by atoms with Crippen molar-refractivity contribution in [2.75, 3.05) is 6.61 Å². The van der Waals surface area contributed by atoms with Crippen LogP contribution in [-0.2, 0) is 7.05 Å². The van der Waals surface area contributed by atoms with Gasteiger partial charge in [0, 0.05) is 18.9 Å². The molecule has 0 radical (unpaired) electrons. The molecule has 5 nitrogen and oxygen atoms in total. The maximum atomic E-state index is 11.1. The van der Waals surface area contributed by atoms with Crippen LogP contribution >= 0.6 is 11.8 Å². The summed E-state index contributed by atoms with van der Waals surface area (Å²) in [6.07, 6.45) is 0.633. The highest BCUT2D eigenvalue weighted by molar-refractivity contribution is 7.99. The third-order valence-corrected chi connectivity index (χ3v) is 3.56. The highest BCUT2D eigenvalue weighted by Gasteiger charge is 2.21. The Morgan fingerprint density at radius 2 is 2.25 bits per heavy atom. The Morgan fingerprint density at radius 3 is 2.75 bits per heavy atom. The zero-order valence-electron chi connectivity index (χ0n) is 9.60. The van der Waals surface area contributed by atoms with Crippen molar-refractivity contribution in [1.82, 2.24) is 9.78 Å². The topological polar surface area (TPSA) is 75.3 Å². The van der Waals surface area contributed by atoms with Crippen molar-refractivity contribution in [1.29, 1.82) is 0 Å². The second kappa shape index (κ2) is 5.36. The number of carbonyl (C=O) groups is 1. The van der Waals surface area contributed by atoms with Crippen LogP contribution in [0.1, 0.15) is 29.4 Å². The molecule has 1 rings (SSSR count). The average molecular weight is 244 g/mol. The summed E-state index contributed by atoms with van der Waals surface area (Å²) in [4.78, 5) is 11.1. The van der Waals surface area contributed by atoms with Gasteiger partial charge in [-0.2, -0.15) is 5.10 Å². The normalized spacial score (nSPS) is 12.8. The first-order valence-corrected chi connectivity index (χ1v) is 5.89. The molecule has 0 bridgehead atoms. The van der Waals surface area contributed by atoms with Crippen molar-refractivity contribution < 1.29 is 15.0 Å². The summed E-state index contributed by atoms with van der Waals surface area (Å²) in [7, 11) is 1.73. The van der Waals surface area contributed by atoms with Crippen LogP contribution in [0.15, 0.2) is 5.03 Å². The minimum absolute atomic E-state index is 0.105. The van der Waals surface area contributed by atoms with Gasteiger partial charge in [0.25, 0.3) is 0 Å². The van der Waals surface area contributed by atoms with E-state index in [1.165, 1.54) is 11.8 Å². The Morgan fingerprint density at radius 1 is 1.62 bits per heavy atom. The van der Waals surface area contributed by atoms with E-state index < -0.39 is 5.97 Å². The van der Waals surface area contributed by atoms with E-state index in [-0.39, 0.29) is 17.4 Å². The predicted octanol–water partition coefficient (Wildman–Crippen LogP) is 1.29. The third kappa shape index (κ3) is 2.76.